The largest absolute Gasteiger partial charge is 0.335 e. The van der Waals surface area contributed by atoms with Crippen molar-refractivity contribution in [2.24, 2.45) is 5.92 Å². The van der Waals surface area contributed by atoms with E-state index in [1.54, 1.807) is 17.3 Å². The van der Waals surface area contributed by atoms with Crippen LogP contribution in [0, 0.1) is 12.8 Å². The van der Waals surface area contributed by atoms with Crippen molar-refractivity contribution in [1.82, 2.24) is 9.88 Å². The fourth-order valence-corrected chi connectivity index (χ4v) is 4.04. The molecule has 2 atom stereocenters. The zero-order chi connectivity index (χ0) is 18.1. The number of benzene rings is 1. The van der Waals surface area contributed by atoms with E-state index in [4.69, 9.17) is 0 Å². The van der Waals surface area contributed by atoms with Gasteiger partial charge < -0.3 is 9.80 Å². The number of carbonyl (C=O) groups is 2. The Kier molecular flexibility index (Phi) is 4.45. The molecule has 0 unspecified atom stereocenters. The number of aromatic nitrogens is 1. The summed E-state index contributed by atoms with van der Waals surface area (Å²) >= 11 is 0. The van der Waals surface area contributed by atoms with Gasteiger partial charge in [-0.25, -0.2) is 0 Å². The van der Waals surface area contributed by atoms with E-state index in [-0.39, 0.29) is 23.8 Å². The lowest BCUT2D eigenvalue weighted by Crippen LogP contribution is -2.37. The second-order valence-corrected chi connectivity index (χ2v) is 7.21. The van der Waals surface area contributed by atoms with Gasteiger partial charge in [-0.2, -0.15) is 0 Å². The first-order chi connectivity index (χ1) is 12.6. The quantitative estimate of drug-likeness (QED) is 0.855. The van der Waals surface area contributed by atoms with Crippen molar-refractivity contribution in [1.29, 1.82) is 0 Å². The van der Waals surface area contributed by atoms with Crippen LogP contribution in [0.2, 0.25) is 0 Å². The Morgan fingerprint density at radius 1 is 1.12 bits per heavy atom. The standard InChI is InChI=1S/C21H23N3O2/c1-15-4-6-18(7-5-15)24-14-17(13-20(24)25)21(26)23-12-2-3-19(23)16-8-10-22-11-9-16/h4-11,17,19H,2-3,12-14H2,1H3/t17-,19+/m1/s1. The summed E-state index contributed by atoms with van der Waals surface area (Å²) in [7, 11) is 0. The Morgan fingerprint density at radius 2 is 1.85 bits per heavy atom. The van der Waals surface area contributed by atoms with Gasteiger partial charge >= 0.3 is 0 Å². The predicted octanol–water partition coefficient (Wildman–Crippen LogP) is 3.11. The topological polar surface area (TPSA) is 53.5 Å². The summed E-state index contributed by atoms with van der Waals surface area (Å²) in [5, 5.41) is 0. The Morgan fingerprint density at radius 3 is 2.58 bits per heavy atom. The van der Waals surface area contributed by atoms with Gasteiger partial charge in [0.05, 0.1) is 12.0 Å². The molecule has 1 aromatic carbocycles. The summed E-state index contributed by atoms with van der Waals surface area (Å²) in [6.07, 6.45) is 5.81. The number of amides is 2. The molecule has 4 rings (SSSR count). The highest BCUT2D eigenvalue weighted by Gasteiger charge is 2.40. The van der Waals surface area contributed by atoms with Gasteiger partial charge in [-0.1, -0.05) is 17.7 Å². The molecule has 2 fully saturated rings. The molecule has 2 aliphatic rings. The van der Waals surface area contributed by atoms with Crippen LogP contribution in [-0.4, -0.2) is 34.8 Å². The van der Waals surface area contributed by atoms with Crippen molar-refractivity contribution in [3.63, 3.8) is 0 Å². The third kappa shape index (κ3) is 3.09. The SMILES string of the molecule is Cc1ccc(N2C[C@H](C(=O)N3CCC[C@H]3c3ccncc3)CC2=O)cc1. The lowest BCUT2D eigenvalue weighted by Gasteiger charge is -2.27. The molecule has 2 aromatic rings. The Hall–Kier alpha value is -2.69. The summed E-state index contributed by atoms with van der Waals surface area (Å²) < 4.78 is 0. The Balaban J connectivity index is 1.50. The normalized spacial score (nSPS) is 22.9. The summed E-state index contributed by atoms with van der Waals surface area (Å²) in [6, 6.07) is 12.0. The molecule has 2 saturated heterocycles. The number of carbonyl (C=O) groups excluding carboxylic acids is 2. The van der Waals surface area contributed by atoms with Crippen LogP contribution in [0.25, 0.3) is 0 Å². The summed E-state index contributed by atoms with van der Waals surface area (Å²) in [5.74, 6) is -0.120. The van der Waals surface area contributed by atoms with Crippen molar-refractivity contribution in [2.45, 2.75) is 32.2 Å². The van der Waals surface area contributed by atoms with Gasteiger partial charge in [0.25, 0.3) is 0 Å². The van der Waals surface area contributed by atoms with E-state index in [2.05, 4.69) is 4.98 Å². The first-order valence-corrected chi connectivity index (χ1v) is 9.21. The van der Waals surface area contributed by atoms with Gasteiger partial charge in [0, 0.05) is 37.6 Å². The Bertz CT molecular complexity index is 804. The third-order valence-electron chi connectivity index (χ3n) is 5.45. The smallest absolute Gasteiger partial charge is 0.228 e. The summed E-state index contributed by atoms with van der Waals surface area (Å²) in [5.41, 5.74) is 3.17. The highest BCUT2D eigenvalue weighted by atomic mass is 16.2. The van der Waals surface area contributed by atoms with Gasteiger partial charge in [-0.15, -0.1) is 0 Å². The minimum Gasteiger partial charge on any atom is -0.335 e. The number of hydrogen-bond donors (Lipinski definition) is 0. The van der Waals surface area contributed by atoms with Gasteiger partial charge in [0.1, 0.15) is 0 Å². The second-order valence-electron chi connectivity index (χ2n) is 7.21. The van der Waals surface area contributed by atoms with Crippen molar-refractivity contribution >= 4 is 17.5 Å². The first-order valence-electron chi connectivity index (χ1n) is 9.21. The number of hydrogen-bond acceptors (Lipinski definition) is 3. The zero-order valence-electron chi connectivity index (χ0n) is 15.0. The summed E-state index contributed by atoms with van der Waals surface area (Å²) in [4.78, 5) is 33.4. The molecule has 3 heterocycles. The average Bonchev–Trinajstić information content (AvgIpc) is 3.30. The molecule has 5 nitrogen and oxygen atoms in total. The minimum atomic E-state index is -0.258. The lowest BCUT2D eigenvalue weighted by molar-refractivity contribution is -0.136. The molecule has 1 aromatic heterocycles. The molecule has 0 bridgehead atoms. The molecule has 0 radical (unpaired) electrons. The molecular weight excluding hydrogens is 326 g/mol. The summed E-state index contributed by atoms with van der Waals surface area (Å²) in [6.45, 7) is 3.26. The number of aryl methyl sites for hydroxylation is 1. The van der Waals surface area contributed by atoms with E-state index in [0.717, 1.165) is 36.2 Å². The molecule has 2 amide bonds. The maximum Gasteiger partial charge on any atom is 0.228 e. The monoisotopic (exact) mass is 349 g/mol. The average molecular weight is 349 g/mol. The fraction of sp³-hybridized carbons (Fsp3) is 0.381. The van der Waals surface area contributed by atoms with Crippen LogP contribution >= 0.6 is 0 Å². The lowest BCUT2D eigenvalue weighted by atomic mass is 10.0. The van der Waals surface area contributed by atoms with E-state index in [1.807, 2.05) is 48.2 Å². The molecule has 0 spiro atoms. The van der Waals surface area contributed by atoms with Crippen LogP contribution in [0.15, 0.2) is 48.8 Å². The van der Waals surface area contributed by atoms with Gasteiger partial charge in [-0.05, 0) is 49.6 Å². The molecule has 0 N–H and O–H groups in total. The van der Waals surface area contributed by atoms with Crippen LogP contribution in [0.5, 0.6) is 0 Å². The van der Waals surface area contributed by atoms with Crippen molar-refractivity contribution in [3.8, 4) is 0 Å². The first kappa shape index (κ1) is 16.8. The number of likely N-dealkylation sites (tertiary alicyclic amines) is 1. The van der Waals surface area contributed by atoms with Crippen molar-refractivity contribution in [2.75, 3.05) is 18.0 Å². The molecule has 0 aliphatic carbocycles. The fourth-order valence-electron chi connectivity index (χ4n) is 4.04. The van der Waals surface area contributed by atoms with Gasteiger partial charge in [-0.3, -0.25) is 14.6 Å². The molecule has 5 heteroatoms. The van der Waals surface area contributed by atoms with Crippen LogP contribution in [0.3, 0.4) is 0 Å². The Labute approximate surface area is 153 Å². The highest BCUT2D eigenvalue weighted by Crippen LogP contribution is 2.35. The number of nitrogens with zero attached hydrogens (tertiary/aromatic N) is 3. The van der Waals surface area contributed by atoms with Crippen LogP contribution < -0.4 is 4.90 Å². The van der Waals surface area contributed by atoms with E-state index < -0.39 is 0 Å². The zero-order valence-corrected chi connectivity index (χ0v) is 15.0. The molecular formula is C21H23N3O2. The second kappa shape index (κ2) is 6.90. The van der Waals surface area contributed by atoms with E-state index in [1.165, 1.54) is 0 Å². The highest BCUT2D eigenvalue weighted by molar-refractivity contribution is 6.00. The molecule has 2 aliphatic heterocycles. The third-order valence-corrected chi connectivity index (χ3v) is 5.45. The van der Waals surface area contributed by atoms with Crippen LogP contribution in [-0.2, 0) is 9.59 Å². The van der Waals surface area contributed by atoms with Crippen molar-refractivity contribution < 1.29 is 9.59 Å². The maximum absolute atomic E-state index is 13.1. The van der Waals surface area contributed by atoms with E-state index in [9.17, 15) is 9.59 Å². The minimum absolute atomic E-state index is 0.0341. The number of pyridine rings is 1. The van der Waals surface area contributed by atoms with E-state index >= 15 is 0 Å². The van der Waals surface area contributed by atoms with Gasteiger partial charge in [0.2, 0.25) is 11.8 Å². The number of anilines is 1. The van der Waals surface area contributed by atoms with Gasteiger partial charge in [0.15, 0.2) is 0 Å². The number of rotatable bonds is 3. The van der Waals surface area contributed by atoms with Crippen LogP contribution in [0.4, 0.5) is 5.69 Å². The van der Waals surface area contributed by atoms with Crippen molar-refractivity contribution in [3.05, 3.63) is 59.9 Å². The van der Waals surface area contributed by atoms with Crippen LogP contribution in [0.1, 0.15) is 36.4 Å². The molecule has 26 heavy (non-hydrogen) atoms. The molecule has 134 valence electrons. The predicted molar refractivity (Wildman–Crippen MR) is 99.6 cm³/mol. The maximum atomic E-state index is 13.1. The van der Waals surface area contributed by atoms with E-state index in [0.29, 0.717) is 13.0 Å². The molecule has 0 saturated carbocycles.